The van der Waals surface area contributed by atoms with Gasteiger partial charge >= 0.3 is 0 Å². The lowest BCUT2D eigenvalue weighted by atomic mass is 10.0. The molecule has 0 spiro atoms. The van der Waals surface area contributed by atoms with Gasteiger partial charge in [-0.3, -0.25) is 4.98 Å². The van der Waals surface area contributed by atoms with Crippen LogP contribution in [0.5, 0.6) is 0 Å². The molecule has 5 nitrogen and oxygen atoms in total. The molecule has 140 valence electrons. The normalized spacial score (nSPS) is 24.1. The number of benzene rings is 1. The molecule has 0 radical (unpaired) electrons. The lowest BCUT2D eigenvalue weighted by molar-refractivity contribution is 0.295. The van der Waals surface area contributed by atoms with Gasteiger partial charge in [-0.25, -0.2) is 8.42 Å². The molecule has 27 heavy (non-hydrogen) atoms. The van der Waals surface area contributed by atoms with E-state index < -0.39 is 20.3 Å². The maximum absolute atomic E-state index is 13.6. The molecule has 1 aromatic carbocycles. The molecule has 0 fully saturated rings. The molecule has 0 bridgehead atoms. The number of fused-ring (bicyclic) bond motifs is 3. The van der Waals surface area contributed by atoms with Crippen LogP contribution >= 0.6 is 0 Å². The van der Waals surface area contributed by atoms with E-state index in [1.54, 1.807) is 6.20 Å². The maximum atomic E-state index is 13.6. The molecule has 2 atom stereocenters. The topological polar surface area (TPSA) is 55.2 Å². The van der Waals surface area contributed by atoms with Crippen molar-refractivity contribution in [2.45, 2.75) is 37.4 Å². The lowest BCUT2D eigenvalue weighted by Gasteiger charge is -2.38. The average Bonchev–Trinajstić information content (AvgIpc) is 2.91. The third kappa shape index (κ3) is 2.39. The number of pyridine rings is 1. The van der Waals surface area contributed by atoms with Crippen molar-refractivity contribution in [3.8, 4) is 0 Å². The van der Waals surface area contributed by atoms with Crippen LogP contribution in [0.1, 0.15) is 38.6 Å². The third-order valence-corrected chi connectivity index (χ3v) is 8.39. The van der Waals surface area contributed by atoms with Gasteiger partial charge in [0.1, 0.15) is 10.5 Å². The molecule has 2 aromatic heterocycles. The van der Waals surface area contributed by atoms with Crippen molar-refractivity contribution in [2.75, 3.05) is 13.6 Å². The molecule has 0 N–H and O–H groups in total. The summed E-state index contributed by atoms with van der Waals surface area (Å²) in [7, 11) is -1.34. The molecule has 5 rings (SSSR count). The lowest BCUT2D eigenvalue weighted by Crippen LogP contribution is -2.41. The van der Waals surface area contributed by atoms with E-state index in [-0.39, 0.29) is 0 Å². The minimum absolute atomic E-state index is 0.473. The fraction of sp³-hybridized carbons (Fsp3) is 0.381. The van der Waals surface area contributed by atoms with Crippen LogP contribution in [-0.2, 0) is 22.9 Å². The van der Waals surface area contributed by atoms with Gasteiger partial charge < -0.3 is 9.47 Å². The van der Waals surface area contributed by atoms with Crippen LogP contribution < -0.4 is 0 Å². The van der Waals surface area contributed by atoms with E-state index in [0.717, 1.165) is 29.0 Å². The second kappa shape index (κ2) is 5.66. The maximum Gasteiger partial charge on any atom is 0.168 e. The SMILES string of the molecule is Cc1ccc2c(c1)c1c3n2CC(c2ccnc(C)c2)S(=O)(=O)C3CN(C)C1. The monoisotopic (exact) mass is 381 g/mol. The van der Waals surface area contributed by atoms with Gasteiger partial charge in [0.25, 0.3) is 0 Å². The van der Waals surface area contributed by atoms with Crippen molar-refractivity contribution in [3.05, 3.63) is 64.6 Å². The third-order valence-electron chi connectivity index (χ3n) is 6.01. The molecule has 0 amide bonds. The Labute approximate surface area is 159 Å². The van der Waals surface area contributed by atoms with E-state index in [9.17, 15) is 8.42 Å². The summed E-state index contributed by atoms with van der Waals surface area (Å²) >= 11 is 0. The van der Waals surface area contributed by atoms with Gasteiger partial charge in [-0.15, -0.1) is 0 Å². The molecule has 3 aromatic rings. The number of hydrogen-bond acceptors (Lipinski definition) is 4. The van der Waals surface area contributed by atoms with Gasteiger partial charge in [-0.05, 0) is 56.3 Å². The van der Waals surface area contributed by atoms with Gasteiger partial charge in [0.2, 0.25) is 0 Å². The summed E-state index contributed by atoms with van der Waals surface area (Å²) in [5.74, 6) is 0. The van der Waals surface area contributed by atoms with E-state index in [2.05, 4.69) is 39.6 Å². The summed E-state index contributed by atoms with van der Waals surface area (Å²) in [6, 6.07) is 10.2. The minimum Gasteiger partial charge on any atom is -0.341 e. The van der Waals surface area contributed by atoms with Gasteiger partial charge in [0.15, 0.2) is 9.84 Å². The summed E-state index contributed by atoms with van der Waals surface area (Å²) in [6.07, 6.45) is 1.71. The predicted octanol–water partition coefficient (Wildman–Crippen LogP) is 3.31. The van der Waals surface area contributed by atoms with Crippen LogP contribution in [0.15, 0.2) is 36.5 Å². The molecule has 2 unspecified atom stereocenters. The Kier molecular flexibility index (Phi) is 3.55. The second-order valence-corrected chi connectivity index (χ2v) is 10.3. The Morgan fingerprint density at radius 2 is 1.89 bits per heavy atom. The van der Waals surface area contributed by atoms with E-state index in [0.29, 0.717) is 13.1 Å². The number of aryl methyl sites for hydroxylation is 2. The summed E-state index contributed by atoms with van der Waals surface area (Å²) in [5, 5.41) is 0.183. The van der Waals surface area contributed by atoms with E-state index in [4.69, 9.17) is 0 Å². The molecule has 2 aliphatic rings. The molecule has 0 aliphatic carbocycles. The first-order valence-electron chi connectivity index (χ1n) is 9.31. The summed E-state index contributed by atoms with van der Waals surface area (Å²) in [6.45, 7) is 5.82. The van der Waals surface area contributed by atoms with Crippen molar-refractivity contribution in [1.29, 1.82) is 0 Å². The van der Waals surface area contributed by atoms with Gasteiger partial charge in [-0.1, -0.05) is 11.6 Å². The van der Waals surface area contributed by atoms with Gasteiger partial charge in [0, 0.05) is 48.1 Å². The highest BCUT2D eigenvalue weighted by Crippen LogP contribution is 2.47. The highest BCUT2D eigenvalue weighted by molar-refractivity contribution is 7.92. The van der Waals surface area contributed by atoms with E-state index in [1.165, 1.54) is 16.5 Å². The zero-order valence-corrected chi connectivity index (χ0v) is 16.6. The fourth-order valence-corrected chi connectivity index (χ4v) is 7.11. The zero-order chi connectivity index (χ0) is 18.9. The van der Waals surface area contributed by atoms with E-state index >= 15 is 0 Å². The van der Waals surface area contributed by atoms with Crippen LogP contribution in [0, 0.1) is 13.8 Å². The van der Waals surface area contributed by atoms with Crippen molar-refractivity contribution in [2.24, 2.45) is 0 Å². The van der Waals surface area contributed by atoms with Crippen molar-refractivity contribution in [1.82, 2.24) is 14.5 Å². The first-order chi connectivity index (χ1) is 12.9. The Morgan fingerprint density at radius 3 is 2.67 bits per heavy atom. The Hall–Kier alpha value is -2.18. The second-order valence-electron chi connectivity index (χ2n) is 7.99. The largest absolute Gasteiger partial charge is 0.341 e. The number of sulfone groups is 1. The van der Waals surface area contributed by atoms with Crippen LogP contribution in [0.2, 0.25) is 0 Å². The molecular formula is C21H23N3O2S. The first-order valence-corrected chi connectivity index (χ1v) is 10.9. The molecule has 6 heteroatoms. The number of likely N-dealkylation sites (N-methyl/N-ethyl adjacent to an activating group) is 1. The molecule has 2 aliphatic heterocycles. The summed E-state index contributed by atoms with van der Waals surface area (Å²) < 4.78 is 29.5. The molecule has 0 saturated heterocycles. The van der Waals surface area contributed by atoms with Crippen LogP contribution in [-0.4, -0.2) is 36.5 Å². The summed E-state index contributed by atoms with van der Waals surface area (Å²) in [4.78, 5) is 6.38. The fourth-order valence-electron chi connectivity index (χ4n) is 4.78. The van der Waals surface area contributed by atoms with Crippen LogP contribution in [0.3, 0.4) is 0 Å². The molecular weight excluding hydrogens is 358 g/mol. The number of aromatic nitrogens is 2. The smallest absolute Gasteiger partial charge is 0.168 e. The number of nitrogens with zero attached hydrogens (tertiary/aromatic N) is 3. The van der Waals surface area contributed by atoms with Crippen LogP contribution in [0.25, 0.3) is 10.9 Å². The quantitative estimate of drug-likeness (QED) is 0.649. The van der Waals surface area contributed by atoms with E-state index in [1.807, 2.05) is 26.1 Å². The average molecular weight is 382 g/mol. The molecule has 0 saturated carbocycles. The summed E-state index contributed by atoms with van der Waals surface area (Å²) in [5.41, 5.74) is 6.24. The van der Waals surface area contributed by atoms with Crippen molar-refractivity contribution in [3.63, 3.8) is 0 Å². The highest BCUT2D eigenvalue weighted by Gasteiger charge is 2.46. The van der Waals surface area contributed by atoms with Crippen molar-refractivity contribution >= 4 is 20.7 Å². The first kappa shape index (κ1) is 17.0. The zero-order valence-electron chi connectivity index (χ0n) is 15.8. The van der Waals surface area contributed by atoms with Gasteiger partial charge in [-0.2, -0.15) is 0 Å². The highest BCUT2D eigenvalue weighted by atomic mass is 32.2. The molecule has 4 heterocycles. The Bertz CT molecular complexity index is 1180. The minimum atomic E-state index is -3.35. The number of hydrogen-bond donors (Lipinski definition) is 0. The predicted molar refractivity (Wildman–Crippen MR) is 106 cm³/mol. The van der Waals surface area contributed by atoms with Gasteiger partial charge in [0.05, 0.1) is 0 Å². The number of rotatable bonds is 1. The Balaban J connectivity index is 1.80. The van der Waals surface area contributed by atoms with Crippen LogP contribution in [0.4, 0.5) is 0 Å². The Morgan fingerprint density at radius 1 is 1.07 bits per heavy atom. The standard InChI is InChI=1S/C21H23N3O2S/c1-13-4-5-18-16(8-13)17-10-23(3)11-20-21(17)24(18)12-19(27(20,25)26)15-6-7-22-14(2)9-15/h4-9,19-20H,10-12H2,1-3H3. The van der Waals surface area contributed by atoms with Crippen molar-refractivity contribution < 1.29 is 8.42 Å².